The summed E-state index contributed by atoms with van der Waals surface area (Å²) < 4.78 is 13.2. The second-order valence-electron chi connectivity index (χ2n) is 4.88. The molecule has 1 aromatic heterocycles. The summed E-state index contributed by atoms with van der Waals surface area (Å²) in [5.41, 5.74) is 1.39. The summed E-state index contributed by atoms with van der Waals surface area (Å²) in [6, 6.07) is 4.08. The van der Waals surface area contributed by atoms with Crippen LogP contribution >= 0.6 is 11.6 Å². The summed E-state index contributed by atoms with van der Waals surface area (Å²) in [5, 5.41) is 18.4. The Morgan fingerprint density at radius 1 is 1.55 bits per heavy atom. The van der Waals surface area contributed by atoms with Crippen molar-refractivity contribution in [2.45, 2.75) is 25.8 Å². The van der Waals surface area contributed by atoms with Crippen LogP contribution in [0.15, 0.2) is 24.4 Å². The van der Waals surface area contributed by atoms with Crippen molar-refractivity contribution in [3.63, 3.8) is 0 Å². The molecule has 1 aromatic carbocycles. The zero-order chi connectivity index (χ0) is 16.1. The van der Waals surface area contributed by atoms with E-state index in [1.165, 1.54) is 24.4 Å². The molecule has 2 aromatic rings. The summed E-state index contributed by atoms with van der Waals surface area (Å²) >= 11 is 5.77. The number of amides is 1. The van der Waals surface area contributed by atoms with Gasteiger partial charge in [0.25, 0.3) is 5.91 Å². The fraction of sp³-hybridized carbons (Fsp3) is 0.333. The third-order valence-corrected chi connectivity index (χ3v) is 3.69. The van der Waals surface area contributed by atoms with Gasteiger partial charge in [0.15, 0.2) is 0 Å². The molecule has 0 spiro atoms. The largest absolute Gasteiger partial charge is 0.396 e. The van der Waals surface area contributed by atoms with Gasteiger partial charge in [-0.3, -0.25) is 9.89 Å². The van der Waals surface area contributed by atoms with Gasteiger partial charge in [-0.2, -0.15) is 5.10 Å². The molecule has 0 aliphatic heterocycles. The third kappa shape index (κ3) is 3.64. The van der Waals surface area contributed by atoms with Gasteiger partial charge in [0, 0.05) is 18.2 Å². The third-order valence-electron chi connectivity index (χ3n) is 3.40. The summed E-state index contributed by atoms with van der Waals surface area (Å²) in [6.45, 7) is 1.93. The van der Waals surface area contributed by atoms with Crippen molar-refractivity contribution in [3.05, 3.63) is 40.8 Å². The first-order valence-electron chi connectivity index (χ1n) is 6.97. The number of nitrogens with zero attached hydrogens (tertiary/aromatic N) is 1. The summed E-state index contributed by atoms with van der Waals surface area (Å²) in [5.74, 6) is -0.825. The number of carbonyl (C=O) groups is 1. The van der Waals surface area contributed by atoms with Crippen molar-refractivity contribution in [1.29, 1.82) is 0 Å². The summed E-state index contributed by atoms with van der Waals surface area (Å²) in [7, 11) is 0. The maximum Gasteiger partial charge on any atom is 0.255 e. The second kappa shape index (κ2) is 7.38. The molecule has 0 saturated carbocycles. The number of aliphatic hydroxyl groups excluding tert-OH is 1. The van der Waals surface area contributed by atoms with Crippen molar-refractivity contribution < 1.29 is 14.3 Å². The van der Waals surface area contributed by atoms with Crippen molar-refractivity contribution in [1.82, 2.24) is 15.5 Å². The van der Waals surface area contributed by atoms with E-state index in [-0.39, 0.29) is 23.6 Å². The fourth-order valence-electron chi connectivity index (χ4n) is 2.13. The molecule has 7 heteroatoms. The number of aromatic amines is 1. The highest BCUT2D eigenvalue weighted by Gasteiger charge is 2.18. The Hall–Kier alpha value is -1.92. The van der Waals surface area contributed by atoms with Crippen LogP contribution in [-0.4, -0.2) is 33.9 Å². The second-order valence-corrected chi connectivity index (χ2v) is 5.29. The normalized spacial score (nSPS) is 12.2. The van der Waals surface area contributed by atoms with Crippen LogP contribution in [0.2, 0.25) is 5.02 Å². The highest BCUT2D eigenvalue weighted by atomic mass is 35.5. The SMILES string of the molecule is CCC(CCO)NC(=O)c1cn[nH]c1-c1ccc(F)c(Cl)c1. The van der Waals surface area contributed by atoms with Crippen LogP contribution in [0, 0.1) is 5.82 Å². The van der Waals surface area contributed by atoms with Gasteiger partial charge >= 0.3 is 0 Å². The average Bonchev–Trinajstić information content (AvgIpc) is 2.99. The minimum Gasteiger partial charge on any atom is -0.396 e. The number of rotatable bonds is 6. The molecule has 2 rings (SSSR count). The maximum atomic E-state index is 13.2. The van der Waals surface area contributed by atoms with E-state index in [0.717, 1.165) is 0 Å². The number of halogens is 2. The topological polar surface area (TPSA) is 78.0 Å². The lowest BCUT2D eigenvalue weighted by Crippen LogP contribution is -2.35. The van der Waals surface area contributed by atoms with E-state index in [0.29, 0.717) is 29.7 Å². The van der Waals surface area contributed by atoms with Gasteiger partial charge in [-0.05, 0) is 31.0 Å². The van der Waals surface area contributed by atoms with Gasteiger partial charge in [-0.25, -0.2) is 4.39 Å². The Morgan fingerprint density at radius 3 is 2.95 bits per heavy atom. The van der Waals surface area contributed by atoms with Crippen molar-refractivity contribution in [2.75, 3.05) is 6.61 Å². The number of benzene rings is 1. The molecule has 0 aliphatic carbocycles. The highest BCUT2D eigenvalue weighted by molar-refractivity contribution is 6.31. The van der Waals surface area contributed by atoms with Gasteiger partial charge < -0.3 is 10.4 Å². The van der Waals surface area contributed by atoms with Gasteiger partial charge in [-0.1, -0.05) is 18.5 Å². The zero-order valence-electron chi connectivity index (χ0n) is 12.1. The van der Waals surface area contributed by atoms with Crippen molar-refractivity contribution in [2.24, 2.45) is 0 Å². The number of nitrogens with one attached hydrogen (secondary N) is 2. The van der Waals surface area contributed by atoms with Crippen LogP contribution in [-0.2, 0) is 0 Å². The first-order valence-corrected chi connectivity index (χ1v) is 7.35. The van der Waals surface area contributed by atoms with E-state index in [2.05, 4.69) is 15.5 Å². The minimum atomic E-state index is -0.523. The fourth-order valence-corrected chi connectivity index (χ4v) is 2.31. The molecule has 0 saturated heterocycles. The van der Waals surface area contributed by atoms with E-state index >= 15 is 0 Å². The molecule has 1 heterocycles. The Labute approximate surface area is 132 Å². The number of H-pyrrole nitrogens is 1. The van der Waals surface area contributed by atoms with E-state index in [1.807, 2.05) is 6.92 Å². The van der Waals surface area contributed by atoms with Crippen LogP contribution in [0.25, 0.3) is 11.3 Å². The van der Waals surface area contributed by atoms with E-state index in [1.54, 1.807) is 0 Å². The first kappa shape index (κ1) is 16.5. The quantitative estimate of drug-likeness (QED) is 0.764. The number of carbonyl (C=O) groups excluding carboxylic acids is 1. The molecular weight excluding hydrogens is 309 g/mol. The number of aromatic nitrogens is 2. The average molecular weight is 326 g/mol. The van der Waals surface area contributed by atoms with Gasteiger partial charge in [0.05, 0.1) is 22.5 Å². The highest BCUT2D eigenvalue weighted by Crippen LogP contribution is 2.26. The molecular formula is C15H17ClFN3O2. The minimum absolute atomic E-state index is 0.00456. The zero-order valence-corrected chi connectivity index (χ0v) is 12.8. The smallest absolute Gasteiger partial charge is 0.255 e. The van der Waals surface area contributed by atoms with Gasteiger partial charge in [-0.15, -0.1) is 0 Å². The Bertz CT molecular complexity index is 660. The van der Waals surface area contributed by atoms with Gasteiger partial charge in [0.1, 0.15) is 5.82 Å². The maximum absolute atomic E-state index is 13.2. The van der Waals surface area contributed by atoms with Gasteiger partial charge in [0.2, 0.25) is 0 Å². The predicted molar refractivity (Wildman–Crippen MR) is 82.2 cm³/mol. The molecule has 118 valence electrons. The van der Waals surface area contributed by atoms with Crippen LogP contribution in [0.1, 0.15) is 30.1 Å². The molecule has 0 aliphatic rings. The summed E-state index contributed by atoms with van der Waals surface area (Å²) in [6.07, 6.45) is 2.60. The predicted octanol–water partition coefficient (Wildman–Crippen LogP) is 2.76. The molecule has 22 heavy (non-hydrogen) atoms. The number of hydrogen-bond donors (Lipinski definition) is 3. The first-order chi connectivity index (χ1) is 10.6. The summed E-state index contributed by atoms with van der Waals surface area (Å²) in [4.78, 5) is 12.3. The van der Waals surface area contributed by atoms with Crippen LogP contribution in [0.4, 0.5) is 4.39 Å². The monoisotopic (exact) mass is 325 g/mol. The molecule has 1 atom stereocenters. The molecule has 0 bridgehead atoms. The lowest BCUT2D eigenvalue weighted by Gasteiger charge is -2.15. The van der Waals surface area contributed by atoms with Crippen molar-refractivity contribution in [3.8, 4) is 11.3 Å². The molecule has 5 nitrogen and oxygen atoms in total. The molecule has 0 radical (unpaired) electrons. The Morgan fingerprint density at radius 2 is 2.32 bits per heavy atom. The lowest BCUT2D eigenvalue weighted by atomic mass is 10.1. The van der Waals surface area contributed by atoms with E-state index in [4.69, 9.17) is 16.7 Å². The Kier molecular flexibility index (Phi) is 5.51. The van der Waals surface area contributed by atoms with Crippen LogP contribution in [0.5, 0.6) is 0 Å². The molecule has 3 N–H and O–H groups in total. The lowest BCUT2D eigenvalue weighted by molar-refractivity contribution is 0.0930. The van der Waals surface area contributed by atoms with Crippen LogP contribution in [0.3, 0.4) is 0 Å². The Balaban J connectivity index is 2.25. The standard InChI is InChI=1S/C15H17ClFN3O2/c1-2-10(5-6-21)19-15(22)11-8-18-20-14(11)9-3-4-13(17)12(16)7-9/h3-4,7-8,10,21H,2,5-6H2,1H3,(H,18,20)(H,19,22). The number of aliphatic hydroxyl groups is 1. The van der Waals surface area contributed by atoms with E-state index < -0.39 is 5.82 Å². The molecule has 1 amide bonds. The van der Waals surface area contributed by atoms with Crippen LogP contribution < -0.4 is 5.32 Å². The van der Waals surface area contributed by atoms with Crippen molar-refractivity contribution >= 4 is 17.5 Å². The number of hydrogen-bond acceptors (Lipinski definition) is 3. The van der Waals surface area contributed by atoms with E-state index in [9.17, 15) is 9.18 Å². The molecule has 0 fully saturated rings. The molecule has 1 unspecified atom stereocenters.